The number of halogens is 1. The average molecular weight is 255 g/mol. The van der Waals surface area contributed by atoms with Gasteiger partial charge in [0.2, 0.25) is 0 Å². The number of benzene rings is 1. The van der Waals surface area contributed by atoms with Crippen LogP contribution in [-0.4, -0.2) is 42.3 Å². The summed E-state index contributed by atoms with van der Waals surface area (Å²) in [4.78, 5) is 11.7. The van der Waals surface area contributed by atoms with Gasteiger partial charge in [-0.05, 0) is 12.1 Å². The minimum absolute atomic E-state index is 0.307. The molecule has 1 aromatic carbocycles. The number of nitrogens with two attached hydrogens (primary N) is 1. The number of ether oxygens (including phenoxy) is 2. The molecule has 1 aliphatic heterocycles. The van der Waals surface area contributed by atoms with Gasteiger partial charge in [0, 0.05) is 0 Å². The maximum atomic E-state index is 13.7. The Labute approximate surface area is 103 Å². The predicted octanol–water partition coefficient (Wildman–Crippen LogP) is 0.226. The third-order valence-corrected chi connectivity index (χ3v) is 2.76. The first-order chi connectivity index (χ1) is 8.63. The molecular weight excluding hydrogens is 241 g/mol. The molecule has 0 amide bonds. The molecule has 18 heavy (non-hydrogen) atoms. The molecule has 4 atom stereocenters. The van der Waals surface area contributed by atoms with E-state index >= 15 is 0 Å². The first kappa shape index (κ1) is 12.9. The smallest absolute Gasteiger partial charge is 0.338 e. The molecule has 1 aliphatic rings. The number of aliphatic hydroxyl groups excluding tert-OH is 1. The van der Waals surface area contributed by atoms with E-state index < -0.39 is 37.2 Å². The van der Waals surface area contributed by atoms with Crippen molar-refractivity contribution in [2.45, 2.75) is 24.6 Å². The summed E-state index contributed by atoms with van der Waals surface area (Å²) in [5, 5.41) is 9.02. The van der Waals surface area contributed by atoms with Gasteiger partial charge in [-0.15, -0.1) is 0 Å². The topological polar surface area (TPSA) is 81.8 Å². The zero-order valence-corrected chi connectivity index (χ0v) is 9.53. The van der Waals surface area contributed by atoms with E-state index in [0.29, 0.717) is 5.56 Å². The third kappa shape index (κ3) is 2.50. The van der Waals surface area contributed by atoms with E-state index in [1.165, 1.54) is 0 Å². The number of carbonyl (C=O) groups is 1. The molecule has 0 aliphatic carbocycles. The lowest BCUT2D eigenvalue weighted by Crippen LogP contribution is -2.37. The Hall–Kier alpha value is -1.50. The molecule has 5 nitrogen and oxygen atoms in total. The summed E-state index contributed by atoms with van der Waals surface area (Å²) in [5.74, 6) is -0.667. The molecule has 98 valence electrons. The van der Waals surface area contributed by atoms with E-state index in [1.807, 2.05) is 0 Å². The largest absolute Gasteiger partial charge is 0.453 e. The second kappa shape index (κ2) is 5.43. The highest BCUT2D eigenvalue weighted by molar-refractivity contribution is 5.89. The van der Waals surface area contributed by atoms with Crippen LogP contribution in [0.25, 0.3) is 0 Å². The van der Waals surface area contributed by atoms with Crippen molar-refractivity contribution in [1.82, 2.24) is 0 Å². The van der Waals surface area contributed by atoms with Crippen molar-refractivity contribution < 1.29 is 23.8 Å². The molecule has 0 saturated carbocycles. The first-order valence-electron chi connectivity index (χ1n) is 5.55. The summed E-state index contributed by atoms with van der Waals surface area (Å²) in [7, 11) is 0. The third-order valence-electron chi connectivity index (χ3n) is 2.76. The van der Waals surface area contributed by atoms with Crippen LogP contribution in [0.4, 0.5) is 4.39 Å². The molecule has 1 aromatic rings. The van der Waals surface area contributed by atoms with Crippen LogP contribution in [0.2, 0.25) is 0 Å². The van der Waals surface area contributed by atoms with E-state index in [4.69, 9.17) is 20.3 Å². The Bertz CT molecular complexity index is 414. The van der Waals surface area contributed by atoms with Crippen LogP contribution < -0.4 is 5.73 Å². The first-order valence-corrected chi connectivity index (χ1v) is 5.55. The van der Waals surface area contributed by atoms with Crippen LogP contribution in [0.1, 0.15) is 10.4 Å². The van der Waals surface area contributed by atoms with E-state index in [-0.39, 0.29) is 0 Å². The van der Waals surface area contributed by atoms with Crippen molar-refractivity contribution in [3.05, 3.63) is 35.9 Å². The van der Waals surface area contributed by atoms with Crippen LogP contribution in [0.15, 0.2) is 30.3 Å². The molecule has 0 aromatic heterocycles. The van der Waals surface area contributed by atoms with Crippen LogP contribution in [0.3, 0.4) is 0 Å². The fraction of sp³-hybridized carbons (Fsp3) is 0.417. The van der Waals surface area contributed by atoms with Gasteiger partial charge in [-0.25, -0.2) is 9.18 Å². The lowest BCUT2D eigenvalue weighted by atomic mass is 10.1. The summed E-state index contributed by atoms with van der Waals surface area (Å²) in [5.41, 5.74) is 5.66. The average Bonchev–Trinajstić information content (AvgIpc) is 2.67. The summed E-state index contributed by atoms with van der Waals surface area (Å²) in [6.07, 6.45) is -4.94. The second-order valence-corrected chi connectivity index (χ2v) is 4.00. The fourth-order valence-electron chi connectivity index (χ4n) is 1.80. The van der Waals surface area contributed by atoms with Crippen molar-refractivity contribution in [3.63, 3.8) is 0 Å². The molecule has 0 radical (unpaired) electrons. The van der Waals surface area contributed by atoms with Crippen molar-refractivity contribution in [2.24, 2.45) is 5.73 Å². The molecule has 2 rings (SSSR count). The number of esters is 1. The molecule has 3 N–H and O–H groups in total. The number of aliphatic hydroxyl groups is 1. The number of hydrogen-bond acceptors (Lipinski definition) is 5. The molecule has 1 unspecified atom stereocenters. The number of alkyl halides is 1. The highest BCUT2D eigenvalue weighted by Gasteiger charge is 2.45. The summed E-state index contributed by atoms with van der Waals surface area (Å²) < 4.78 is 23.6. The minimum Gasteiger partial charge on any atom is -0.453 e. The molecule has 1 fully saturated rings. The van der Waals surface area contributed by atoms with Crippen LogP contribution in [-0.2, 0) is 9.47 Å². The maximum Gasteiger partial charge on any atom is 0.338 e. The quantitative estimate of drug-likeness (QED) is 0.755. The van der Waals surface area contributed by atoms with Crippen LogP contribution in [0, 0.1) is 0 Å². The minimum atomic E-state index is -1.64. The number of rotatable bonds is 3. The van der Waals surface area contributed by atoms with Gasteiger partial charge in [-0.3, -0.25) is 0 Å². The van der Waals surface area contributed by atoms with Crippen molar-refractivity contribution >= 4 is 5.97 Å². The number of carbonyl (C=O) groups excluding carboxylic acids is 1. The Morgan fingerprint density at radius 2 is 2.11 bits per heavy atom. The van der Waals surface area contributed by atoms with Crippen molar-refractivity contribution in [1.29, 1.82) is 0 Å². The van der Waals surface area contributed by atoms with Gasteiger partial charge in [0.15, 0.2) is 12.3 Å². The van der Waals surface area contributed by atoms with Crippen molar-refractivity contribution in [3.8, 4) is 0 Å². The highest BCUT2D eigenvalue weighted by Crippen LogP contribution is 2.24. The standard InChI is InChI=1S/C12H14FNO4/c13-9-10(8(6-15)17-11(9)14)18-12(16)7-4-2-1-3-5-7/h1-5,8-11,15H,6,14H2/t8-,9+,10-,11?/m1/s1. The lowest BCUT2D eigenvalue weighted by Gasteiger charge is -2.17. The van der Waals surface area contributed by atoms with E-state index in [1.54, 1.807) is 30.3 Å². The van der Waals surface area contributed by atoms with Gasteiger partial charge in [-0.2, -0.15) is 0 Å². The normalized spacial score (nSPS) is 31.3. The zero-order chi connectivity index (χ0) is 13.1. The molecule has 1 saturated heterocycles. The molecular formula is C12H14FNO4. The molecule has 6 heteroatoms. The zero-order valence-electron chi connectivity index (χ0n) is 9.53. The van der Waals surface area contributed by atoms with Gasteiger partial charge in [0.05, 0.1) is 12.2 Å². The highest BCUT2D eigenvalue weighted by atomic mass is 19.1. The molecule has 0 bridgehead atoms. The maximum absolute atomic E-state index is 13.7. The lowest BCUT2D eigenvalue weighted by molar-refractivity contribution is -0.0338. The van der Waals surface area contributed by atoms with Gasteiger partial charge >= 0.3 is 5.97 Å². The fourth-order valence-corrected chi connectivity index (χ4v) is 1.80. The Morgan fingerprint density at radius 3 is 2.72 bits per heavy atom. The summed E-state index contributed by atoms with van der Waals surface area (Å²) >= 11 is 0. The summed E-state index contributed by atoms with van der Waals surface area (Å²) in [6.45, 7) is -0.457. The van der Waals surface area contributed by atoms with Gasteiger partial charge in [-0.1, -0.05) is 18.2 Å². The molecule has 0 spiro atoms. The van der Waals surface area contributed by atoms with Crippen LogP contribution >= 0.6 is 0 Å². The van der Waals surface area contributed by atoms with E-state index in [0.717, 1.165) is 0 Å². The number of hydrogen-bond donors (Lipinski definition) is 2. The monoisotopic (exact) mass is 255 g/mol. The Balaban J connectivity index is 2.06. The summed E-state index contributed by atoms with van der Waals surface area (Å²) in [6, 6.07) is 8.20. The van der Waals surface area contributed by atoms with Gasteiger partial charge < -0.3 is 20.3 Å². The Morgan fingerprint density at radius 1 is 1.44 bits per heavy atom. The van der Waals surface area contributed by atoms with Crippen LogP contribution in [0.5, 0.6) is 0 Å². The SMILES string of the molecule is NC1O[C@H](CO)[C@@H](OC(=O)c2ccccc2)[C@@H]1F. The Kier molecular flexibility index (Phi) is 3.90. The van der Waals surface area contributed by atoms with E-state index in [9.17, 15) is 9.18 Å². The van der Waals surface area contributed by atoms with E-state index in [2.05, 4.69) is 0 Å². The second-order valence-electron chi connectivity index (χ2n) is 4.00. The predicted molar refractivity (Wildman–Crippen MR) is 60.5 cm³/mol. The van der Waals surface area contributed by atoms with Gasteiger partial charge in [0.25, 0.3) is 0 Å². The van der Waals surface area contributed by atoms with Crippen molar-refractivity contribution in [2.75, 3.05) is 6.61 Å². The van der Waals surface area contributed by atoms with Gasteiger partial charge in [0.1, 0.15) is 12.3 Å². The molecule has 1 heterocycles.